The highest BCUT2D eigenvalue weighted by molar-refractivity contribution is 7.88. The maximum absolute atomic E-state index is 12.4. The molecule has 1 aromatic heterocycles. The number of sulfonamides is 1. The van der Waals surface area contributed by atoms with Gasteiger partial charge in [-0.3, -0.25) is 9.59 Å². The second-order valence-electron chi connectivity index (χ2n) is 8.60. The molecule has 144 valence electrons. The molecule has 9 heteroatoms. The average Bonchev–Trinajstić information content (AvgIpc) is 3.09. The lowest BCUT2D eigenvalue weighted by atomic mass is 9.85. The van der Waals surface area contributed by atoms with Crippen molar-refractivity contribution in [3.05, 3.63) is 27.9 Å². The van der Waals surface area contributed by atoms with Crippen LogP contribution in [0.2, 0.25) is 0 Å². The number of fused-ring (bicyclic) bond motifs is 2. The van der Waals surface area contributed by atoms with E-state index < -0.39 is 26.9 Å². The summed E-state index contributed by atoms with van der Waals surface area (Å²) >= 11 is 0. The fourth-order valence-corrected chi connectivity index (χ4v) is 4.54. The van der Waals surface area contributed by atoms with Gasteiger partial charge in [-0.1, -0.05) is 20.8 Å². The van der Waals surface area contributed by atoms with Crippen molar-refractivity contribution in [3.63, 3.8) is 0 Å². The number of nitrogens with one attached hydrogen (secondary N) is 1. The zero-order valence-electron chi connectivity index (χ0n) is 15.7. The second-order valence-corrected chi connectivity index (χ2v) is 10.6. The predicted octanol–water partition coefficient (Wildman–Crippen LogP) is 0.326. The summed E-state index contributed by atoms with van der Waals surface area (Å²) in [6.07, 6.45) is 4.13. The van der Waals surface area contributed by atoms with E-state index in [1.807, 2.05) is 25.3 Å². The first-order valence-electron chi connectivity index (χ1n) is 8.77. The molecule has 3 rings (SSSR count). The van der Waals surface area contributed by atoms with Crippen molar-refractivity contribution in [1.29, 1.82) is 0 Å². The van der Waals surface area contributed by atoms with Crippen LogP contribution in [0.5, 0.6) is 0 Å². The van der Waals surface area contributed by atoms with Crippen LogP contribution in [-0.2, 0) is 22.0 Å². The van der Waals surface area contributed by atoms with E-state index in [2.05, 4.69) is 10.3 Å². The van der Waals surface area contributed by atoms with Crippen molar-refractivity contribution >= 4 is 15.9 Å². The third kappa shape index (κ3) is 3.55. The highest BCUT2D eigenvalue weighted by Crippen LogP contribution is 2.41. The summed E-state index contributed by atoms with van der Waals surface area (Å²) in [5.41, 5.74) is -1.03. The van der Waals surface area contributed by atoms with Crippen molar-refractivity contribution in [2.24, 2.45) is 5.41 Å². The summed E-state index contributed by atoms with van der Waals surface area (Å²) in [5, 5.41) is 2.78. The highest BCUT2D eigenvalue weighted by Gasteiger charge is 2.48. The first-order chi connectivity index (χ1) is 11.9. The van der Waals surface area contributed by atoms with Gasteiger partial charge in [-0.05, 0) is 18.3 Å². The molecule has 0 aliphatic carbocycles. The van der Waals surface area contributed by atoms with Crippen LogP contribution in [0.3, 0.4) is 0 Å². The Bertz CT molecular complexity index is 900. The average molecular weight is 382 g/mol. The molecule has 1 amide bonds. The summed E-state index contributed by atoms with van der Waals surface area (Å²) in [4.78, 5) is 29.0. The SMILES string of the molecule is CC(C)(C)CNC(=O)c1cn2c(nc1=O)C1(CCN(S(C)(=O)=O)C1)CC2. The van der Waals surface area contributed by atoms with Crippen LogP contribution in [0.4, 0.5) is 0 Å². The first kappa shape index (κ1) is 19.0. The quantitative estimate of drug-likeness (QED) is 0.812. The van der Waals surface area contributed by atoms with Crippen molar-refractivity contribution < 1.29 is 13.2 Å². The van der Waals surface area contributed by atoms with Crippen LogP contribution in [0.15, 0.2) is 11.0 Å². The van der Waals surface area contributed by atoms with Gasteiger partial charge in [-0.25, -0.2) is 12.7 Å². The van der Waals surface area contributed by atoms with Crippen LogP contribution < -0.4 is 10.9 Å². The molecular formula is C17H26N4O4S. The van der Waals surface area contributed by atoms with E-state index in [0.29, 0.717) is 38.4 Å². The summed E-state index contributed by atoms with van der Waals surface area (Å²) < 4.78 is 26.9. The van der Waals surface area contributed by atoms with Gasteiger partial charge in [0.2, 0.25) is 10.0 Å². The Balaban J connectivity index is 1.87. The lowest BCUT2D eigenvalue weighted by Gasteiger charge is -2.22. The zero-order chi connectivity index (χ0) is 19.3. The number of hydrogen-bond acceptors (Lipinski definition) is 5. The van der Waals surface area contributed by atoms with Gasteiger partial charge in [0.15, 0.2) is 0 Å². The van der Waals surface area contributed by atoms with Crippen molar-refractivity contribution in [3.8, 4) is 0 Å². The molecule has 1 atom stereocenters. The molecular weight excluding hydrogens is 356 g/mol. The second kappa shape index (κ2) is 6.16. The smallest absolute Gasteiger partial charge is 0.285 e. The van der Waals surface area contributed by atoms with Gasteiger partial charge < -0.3 is 9.88 Å². The molecule has 26 heavy (non-hydrogen) atoms. The topological polar surface area (TPSA) is 101 Å². The molecule has 2 aliphatic heterocycles. The van der Waals surface area contributed by atoms with E-state index >= 15 is 0 Å². The third-order valence-electron chi connectivity index (χ3n) is 5.11. The largest absolute Gasteiger partial charge is 0.351 e. The van der Waals surface area contributed by atoms with E-state index in [-0.39, 0.29) is 11.0 Å². The van der Waals surface area contributed by atoms with Gasteiger partial charge >= 0.3 is 0 Å². The van der Waals surface area contributed by atoms with Crippen LogP contribution >= 0.6 is 0 Å². The molecule has 1 spiro atoms. The summed E-state index contributed by atoms with van der Waals surface area (Å²) in [6.45, 7) is 7.85. The maximum Gasteiger partial charge on any atom is 0.285 e. The zero-order valence-corrected chi connectivity index (χ0v) is 16.5. The molecule has 0 bridgehead atoms. The molecule has 1 saturated heterocycles. The lowest BCUT2D eigenvalue weighted by Crippen LogP contribution is -2.38. The Morgan fingerprint density at radius 1 is 1.31 bits per heavy atom. The minimum absolute atomic E-state index is 0.0352. The van der Waals surface area contributed by atoms with Gasteiger partial charge in [-0.15, -0.1) is 0 Å². The molecule has 0 radical (unpaired) electrons. The van der Waals surface area contributed by atoms with E-state index in [4.69, 9.17) is 0 Å². The number of carbonyl (C=O) groups excluding carboxylic acids is 1. The van der Waals surface area contributed by atoms with Crippen LogP contribution in [0, 0.1) is 5.41 Å². The fourth-order valence-electron chi connectivity index (χ4n) is 3.63. The molecule has 0 aromatic carbocycles. The van der Waals surface area contributed by atoms with Gasteiger partial charge in [0.25, 0.3) is 11.5 Å². The summed E-state index contributed by atoms with van der Waals surface area (Å²) in [5.74, 6) is 0.180. The van der Waals surface area contributed by atoms with E-state index in [1.165, 1.54) is 10.6 Å². The number of nitrogens with zero attached hydrogens (tertiary/aromatic N) is 3. The Morgan fingerprint density at radius 2 is 1.96 bits per heavy atom. The number of amides is 1. The molecule has 0 saturated carbocycles. The van der Waals surface area contributed by atoms with Crippen LogP contribution in [0.1, 0.15) is 49.8 Å². The molecule has 1 N–H and O–H groups in total. The van der Waals surface area contributed by atoms with Gasteiger partial charge in [-0.2, -0.15) is 4.98 Å². The van der Waals surface area contributed by atoms with E-state index in [9.17, 15) is 18.0 Å². The lowest BCUT2D eigenvalue weighted by molar-refractivity contribution is 0.0936. The van der Waals surface area contributed by atoms with Gasteiger partial charge in [0.05, 0.1) is 6.26 Å². The van der Waals surface area contributed by atoms with Crippen LogP contribution in [0.25, 0.3) is 0 Å². The summed E-state index contributed by atoms with van der Waals surface area (Å²) in [7, 11) is -3.27. The number of hydrogen-bond donors (Lipinski definition) is 1. The fraction of sp³-hybridized carbons (Fsp3) is 0.706. The van der Waals surface area contributed by atoms with E-state index in [0.717, 1.165) is 6.42 Å². The van der Waals surface area contributed by atoms with E-state index in [1.54, 1.807) is 6.20 Å². The van der Waals surface area contributed by atoms with Crippen molar-refractivity contribution in [2.75, 3.05) is 25.9 Å². The Labute approximate surface area is 153 Å². The minimum Gasteiger partial charge on any atom is -0.351 e. The number of aryl methyl sites for hydroxylation is 1. The number of aromatic nitrogens is 2. The first-order valence-corrected chi connectivity index (χ1v) is 10.6. The maximum atomic E-state index is 12.4. The minimum atomic E-state index is -3.27. The molecule has 1 unspecified atom stereocenters. The molecule has 1 aromatic rings. The molecule has 3 heterocycles. The monoisotopic (exact) mass is 382 g/mol. The predicted molar refractivity (Wildman–Crippen MR) is 97.6 cm³/mol. The number of rotatable bonds is 3. The molecule has 8 nitrogen and oxygen atoms in total. The normalized spacial score (nSPS) is 23.4. The Kier molecular flexibility index (Phi) is 4.51. The van der Waals surface area contributed by atoms with Gasteiger partial charge in [0, 0.05) is 37.8 Å². The Hall–Kier alpha value is -1.74. The Morgan fingerprint density at radius 3 is 2.54 bits per heavy atom. The molecule has 2 aliphatic rings. The standard InChI is InChI=1S/C17H26N4O4S/c1-16(2,3)10-18-13(22)12-9-20-7-5-17(15(20)19-14(12)23)6-8-21(11-17)26(4,24)25/h9H,5-8,10-11H2,1-4H3,(H,18,22). The number of carbonyl (C=O) groups is 1. The van der Waals surface area contributed by atoms with Gasteiger partial charge in [0.1, 0.15) is 11.4 Å². The van der Waals surface area contributed by atoms with Crippen LogP contribution in [-0.4, -0.2) is 54.1 Å². The highest BCUT2D eigenvalue weighted by atomic mass is 32.2. The third-order valence-corrected chi connectivity index (χ3v) is 6.36. The summed E-state index contributed by atoms with van der Waals surface area (Å²) in [6, 6.07) is 0. The molecule has 1 fully saturated rings. The van der Waals surface area contributed by atoms with Crippen molar-refractivity contribution in [1.82, 2.24) is 19.2 Å². The van der Waals surface area contributed by atoms with Crippen molar-refractivity contribution in [2.45, 2.75) is 45.6 Å².